The molecule has 1 aromatic heterocycles. The van der Waals surface area contributed by atoms with Gasteiger partial charge in [0, 0.05) is 6.07 Å². The standard InChI is InChI=1S/C6H6BrNO2/c1-10-5-2-6(7)8-4(5)3-9/h2-3,8H,1H3. The Kier molecular flexibility index (Phi) is 2.11. The van der Waals surface area contributed by atoms with Crippen LogP contribution in [-0.2, 0) is 0 Å². The summed E-state index contributed by atoms with van der Waals surface area (Å²) in [5.74, 6) is 0.557. The number of aromatic amines is 1. The van der Waals surface area contributed by atoms with E-state index in [9.17, 15) is 4.79 Å². The van der Waals surface area contributed by atoms with Crippen molar-refractivity contribution in [3.05, 3.63) is 16.4 Å². The molecule has 4 heteroatoms. The van der Waals surface area contributed by atoms with Crippen molar-refractivity contribution in [2.75, 3.05) is 7.11 Å². The maximum atomic E-state index is 10.3. The van der Waals surface area contributed by atoms with E-state index in [4.69, 9.17) is 4.74 Å². The number of carbonyl (C=O) groups excluding carboxylic acids is 1. The topological polar surface area (TPSA) is 42.1 Å². The molecule has 0 aromatic carbocycles. The number of H-pyrrole nitrogens is 1. The fraction of sp³-hybridized carbons (Fsp3) is 0.167. The molecule has 0 saturated heterocycles. The van der Waals surface area contributed by atoms with E-state index in [-0.39, 0.29) is 0 Å². The number of aldehydes is 1. The summed E-state index contributed by atoms with van der Waals surface area (Å²) < 4.78 is 5.61. The highest BCUT2D eigenvalue weighted by Gasteiger charge is 2.04. The summed E-state index contributed by atoms with van der Waals surface area (Å²) in [7, 11) is 1.52. The minimum Gasteiger partial charge on any atom is -0.494 e. The second-order valence-electron chi connectivity index (χ2n) is 1.72. The van der Waals surface area contributed by atoms with Crippen molar-refractivity contribution in [1.82, 2.24) is 4.98 Å². The Balaban J connectivity index is 3.08. The number of hydrogen-bond acceptors (Lipinski definition) is 2. The summed E-state index contributed by atoms with van der Waals surface area (Å²) in [6.07, 6.45) is 0.712. The van der Waals surface area contributed by atoms with Crippen molar-refractivity contribution in [3.63, 3.8) is 0 Å². The summed E-state index contributed by atoms with van der Waals surface area (Å²) >= 11 is 3.17. The molecule has 0 amide bonds. The van der Waals surface area contributed by atoms with Gasteiger partial charge in [-0.05, 0) is 15.9 Å². The average Bonchev–Trinajstić information content (AvgIpc) is 2.30. The van der Waals surface area contributed by atoms with Gasteiger partial charge in [-0.2, -0.15) is 0 Å². The van der Waals surface area contributed by atoms with E-state index in [0.29, 0.717) is 17.7 Å². The quantitative estimate of drug-likeness (QED) is 0.743. The molecule has 0 radical (unpaired) electrons. The lowest BCUT2D eigenvalue weighted by Gasteiger charge is -1.92. The predicted octanol–water partition coefficient (Wildman–Crippen LogP) is 1.60. The van der Waals surface area contributed by atoms with Crippen LogP contribution < -0.4 is 4.74 Å². The predicted molar refractivity (Wildman–Crippen MR) is 40.4 cm³/mol. The fourth-order valence-corrected chi connectivity index (χ4v) is 1.10. The Bertz CT molecular complexity index is 244. The van der Waals surface area contributed by atoms with Crippen molar-refractivity contribution >= 4 is 22.2 Å². The third kappa shape index (κ3) is 1.21. The zero-order chi connectivity index (χ0) is 7.56. The first kappa shape index (κ1) is 7.34. The molecule has 1 heterocycles. The van der Waals surface area contributed by atoms with E-state index in [2.05, 4.69) is 20.9 Å². The van der Waals surface area contributed by atoms with Crippen LogP contribution in [0.1, 0.15) is 10.5 Å². The van der Waals surface area contributed by atoms with Crippen molar-refractivity contribution in [1.29, 1.82) is 0 Å². The molecule has 1 rings (SSSR count). The molecule has 54 valence electrons. The second kappa shape index (κ2) is 2.88. The molecule has 10 heavy (non-hydrogen) atoms. The molecule has 1 aromatic rings. The van der Waals surface area contributed by atoms with Crippen LogP contribution >= 0.6 is 15.9 Å². The Morgan fingerprint density at radius 2 is 2.50 bits per heavy atom. The molecule has 0 aliphatic rings. The van der Waals surface area contributed by atoms with Gasteiger partial charge in [0.25, 0.3) is 0 Å². The van der Waals surface area contributed by atoms with Gasteiger partial charge in [0.15, 0.2) is 6.29 Å². The third-order valence-electron chi connectivity index (χ3n) is 1.12. The number of ether oxygens (including phenoxy) is 1. The molecule has 0 saturated carbocycles. The van der Waals surface area contributed by atoms with Crippen LogP contribution in [0.2, 0.25) is 0 Å². The van der Waals surface area contributed by atoms with Crippen molar-refractivity contribution < 1.29 is 9.53 Å². The monoisotopic (exact) mass is 203 g/mol. The number of hydrogen-bond donors (Lipinski definition) is 1. The Labute approximate surface area is 66.5 Å². The minimum atomic E-state index is 0.453. The first-order valence-electron chi connectivity index (χ1n) is 2.65. The van der Waals surface area contributed by atoms with Gasteiger partial charge < -0.3 is 9.72 Å². The molecule has 0 fully saturated rings. The van der Waals surface area contributed by atoms with Crippen molar-refractivity contribution in [2.24, 2.45) is 0 Å². The van der Waals surface area contributed by atoms with Crippen LogP contribution in [0, 0.1) is 0 Å². The van der Waals surface area contributed by atoms with Gasteiger partial charge in [-0.15, -0.1) is 0 Å². The van der Waals surface area contributed by atoms with Crippen molar-refractivity contribution in [3.8, 4) is 5.75 Å². The number of rotatable bonds is 2. The van der Waals surface area contributed by atoms with E-state index in [0.717, 1.165) is 4.60 Å². The highest BCUT2D eigenvalue weighted by atomic mass is 79.9. The van der Waals surface area contributed by atoms with E-state index >= 15 is 0 Å². The first-order valence-corrected chi connectivity index (χ1v) is 3.45. The maximum Gasteiger partial charge on any atom is 0.170 e. The van der Waals surface area contributed by atoms with E-state index < -0.39 is 0 Å². The van der Waals surface area contributed by atoms with Gasteiger partial charge in [0.1, 0.15) is 11.4 Å². The zero-order valence-corrected chi connectivity index (χ0v) is 6.94. The van der Waals surface area contributed by atoms with Crippen LogP contribution in [0.4, 0.5) is 0 Å². The summed E-state index contributed by atoms with van der Waals surface area (Å²) in [5, 5.41) is 0. The number of halogens is 1. The number of aromatic nitrogens is 1. The third-order valence-corrected chi connectivity index (χ3v) is 1.54. The molecule has 1 N–H and O–H groups in total. The van der Waals surface area contributed by atoms with Gasteiger partial charge in [-0.3, -0.25) is 4.79 Å². The zero-order valence-electron chi connectivity index (χ0n) is 5.35. The summed E-state index contributed by atoms with van der Waals surface area (Å²) in [6.45, 7) is 0. The summed E-state index contributed by atoms with van der Waals surface area (Å²) in [4.78, 5) is 13.0. The molecule has 3 nitrogen and oxygen atoms in total. The Morgan fingerprint density at radius 3 is 2.90 bits per heavy atom. The van der Waals surface area contributed by atoms with Gasteiger partial charge in [0.2, 0.25) is 0 Å². The molecule has 0 spiro atoms. The smallest absolute Gasteiger partial charge is 0.170 e. The molecule has 0 bridgehead atoms. The van der Waals surface area contributed by atoms with Crippen LogP contribution in [0.25, 0.3) is 0 Å². The van der Waals surface area contributed by atoms with Gasteiger partial charge in [-0.25, -0.2) is 0 Å². The van der Waals surface area contributed by atoms with Crippen molar-refractivity contribution in [2.45, 2.75) is 0 Å². The highest BCUT2D eigenvalue weighted by Crippen LogP contribution is 2.20. The van der Waals surface area contributed by atoms with Crippen LogP contribution in [0.5, 0.6) is 5.75 Å². The SMILES string of the molecule is COc1cc(Br)[nH]c1C=O. The fourth-order valence-electron chi connectivity index (χ4n) is 0.676. The normalized spacial score (nSPS) is 9.40. The number of methoxy groups -OCH3 is 1. The minimum absolute atomic E-state index is 0.453. The van der Waals surface area contributed by atoms with E-state index in [1.165, 1.54) is 7.11 Å². The molecule has 0 aliphatic carbocycles. The summed E-state index contributed by atoms with van der Waals surface area (Å²) in [6, 6.07) is 1.70. The highest BCUT2D eigenvalue weighted by molar-refractivity contribution is 9.10. The lowest BCUT2D eigenvalue weighted by molar-refractivity contribution is 0.111. The van der Waals surface area contributed by atoms with E-state index in [1.807, 2.05) is 0 Å². The average molecular weight is 204 g/mol. The van der Waals surface area contributed by atoms with Gasteiger partial charge in [0.05, 0.1) is 11.7 Å². The van der Waals surface area contributed by atoms with E-state index in [1.54, 1.807) is 6.07 Å². The molecular weight excluding hydrogens is 198 g/mol. The second-order valence-corrected chi connectivity index (χ2v) is 2.57. The van der Waals surface area contributed by atoms with Crippen LogP contribution in [-0.4, -0.2) is 18.4 Å². The molecule has 0 atom stereocenters. The summed E-state index contributed by atoms with van der Waals surface area (Å²) in [5.41, 5.74) is 0.453. The lowest BCUT2D eigenvalue weighted by atomic mass is 10.4. The Morgan fingerprint density at radius 1 is 1.80 bits per heavy atom. The van der Waals surface area contributed by atoms with Crippen LogP contribution in [0.3, 0.4) is 0 Å². The van der Waals surface area contributed by atoms with Crippen LogP contribution in [0.15, 0.2) is 10.7 Å². The largest absolute Gasteiger partial charge is 0.494 e. The molecular formula is C6H6BrNO2. The first-order chi connectivity index (χ1) is 4.77. The molecule has 0 aliphatic heterocycles. The molecule has 0 unspecified atom stereocenters. The van der Waals surface area contributed by atoms with Gasteiger partial charge >= 0.3 is 0 Å². The number of carbonyl (C=O) groups is 1. The lowest BCUT2D eigenvalue weighted by Crippen LogP contribution is -1.85. The maximum absolute atomic E-state index is 10.3. The van der Waals surface area contributed by atoms with Gasteiger partial charge in [-0.1, -0.05) is 0 Å². The number of nitrogens with one attached hydrogen (secondary N) is 1. The Hall–Kier alpha value is -0.770.